The molecular formula is C9H10Cl2S. The number of benzene rings is 1. The van der Waals surface area contributed by atoms with E-state index in [1.54, 1.807) is 17.8 Å². The summed E-state index contributed by atoms with van der Waals surface area (Å²) in [5.41, 5.74) is 0. The zero-order valence-corrected chi connectivity index (χ0v) is 9.30. The summed E-state index contributed by atoms with van der Waals surface area (Å²) in [7, 11) is 0. The number of hydrogen-bond acceptors (Lipinski definition) is 1. The number of thioether (sulfide) groups is 1. The number of hydrogen-bond donors (Lipinski definition) is 0. The van der Waals surface area contributed by atoms with Crippen LogP contribution in [0.1, 0.15) is 13.8 Å². The fourth-order valence-electron chi connectivity index (χ4n) is 0.821. The van der Waals surface area contributed by atoms with Crippen molar-refractivity contribution in [3.8, 4) is 0 Å². The van der Waals surface area contributed by atoms with Crippen molar-refractivity contribution in [2.45, 2.75) is 24.0 Å². The maximum absolute atomic E-state index is 5.96. The Labute approximate surface area is 87.3 Å². The topological polar surface area (TPSA) is 0 Å². The first kappa shape index (κ1) is 10.2. The minimum Gasteiger partial charge on any atom is -0.122 e. The van der Waals surface area contributed by atoms with Gasteiger partial charge in [0.05, 0.1) is 5.02 Å². The number of rotatable bonds is 2. The van der Waals surface area contributed by atoms with Gasteiger partial charge in [-0.1, -0.05) is 37.0 Å². The summed E-state index contributed by atoms with van der Waals surface area (Å²) in [6, 6.07) is 5.53. The first-order valence-corrected chi connectivity index (χ1v) is 5.35. The zero-order chi connectivity index (χ0) is 9.14. The van der Waals surface area contributed by atoms with Crippen molar-refractivity contribution < 1.29 is 0 Å². The molecule has 66 valence electrons. The van der Waals surface area contributed by atoms with Crippen LogP contribution in [0.3, 0.4) is 0 Å². The summed E-state index contributed by atoms with van der Waals surface area (Å²) < 4.78 is 0. The van der Waals surface area contributed by atoms with Crippen LogP contribution in [0, 0.1) is 0 Å². The third kappa shape index (κ3) is 2.89. The zero-order valence-electron chi connectivity index (χ0n) is 6.97. The molecule has 0 spiro atoms. The molecule has 12 heavy (non-hydrogen) atoms. The molecule has 0 saturated carbocycles. The highest BCUT2D eigenvalue weighted by Gasteiger charge is 2.03. The Hall–Kier alpha value is 0.150. The van der Waals surface area contributed by atoms with E-state index < -0.39 is 0 Å². The Morgan fingerprint density at radius 2 is 1.92 bits per heavy atom. The molecule has 0 fully saturated rings. The molecule has 3 heteroatoms. The van der Waals surface area contributed by atoms with Gasteiger partial charge in [-0.05, 0) is 18.2 Å². The van der Waals surface area contributed by atoms with E-state index >= 15 is 0 Å². The van der Waals surface area contributed by atoms with Crippen molar-refractivity contribution in [2.75, 3.05) is 0 Å². The summed E-state index contributed by atoms with van der Waals surface area (Å²) in [4.78, 5) is 1.05. The van der Waals surface area contributed by atoms with E-state index in [4.69, 9.17) is 23.2 Å². The lowest BCUT2D eigenvalue weighted by Crippen LogP contribution is -1.86. The Balaban J connectivity index is 2.90. The van der Waals surface area contributed by atoms with Gasteiger partial charge >= 0.3 is 0 Å². The van der Waals surface area contributed by atoms with Gasteiger partial charge in [-0.25, -0.2) is 0 Å². The number of halogens is 2. The predicted molar refractivity (Wildman–Crippen MR) is 57.5 cm³/mol. The quantitative estimate of drug-likeness (QED) is 0.663. The average molecular weight is 221 g/mol. The molecular weight excluding hydrogens is 211 g/mol. The van der Waals surface area contributed by atoms with Gasteiger partial charge in [0.2, 0.25) is 0 Å². The summed E-state index contributed by atoms with van der Waals surface area (Å²) in [6.45, 7) is 4.25. The van der Waals surface area contributed by atoms with Crippen molar-refractivity contribution >= 4 is 35.0 Å². The van der Waals surface area contributed by atoms with Crippen LogP contribution >= 0.6 is 35.0 Å². The molecule has 0 aromatic heterocycles. The SMILES string of the molecule is CC(C)Sc1cc(Cl)ccc1Cl. The van der Waals surface area contributed by atoms with Crippen molar-refractivity contribution in [1.82, 2.24) is 0 Å². The molecule has 1 aromatic rings. The molecule has 0 N–H and O–H groups in total. The van der Waals surface area contributed by atoms with E-state index in [9.17, 15) is 0 Å². The van der Waals surface area contributed by atoms with E-state index in [1.807, 2.05) is 12.1 Å². The molecule has 0 aliphatic heterocycles. The Bertz CT molecular complexity index is 271. The Morgan fingerprint density at radius 3 is 2.50 bits per heavy atom. The van der Waals surface area contributed by atoms with Crippen LogP contribution in [0.2, 0.25) is 10.0 Å². The second kappa shape index (κ2) is 4.40. The lowest BCUT2D eigenvalue weighted by molar-refractivity contribution is 1.11. The minimum absolute atomic E-state index is 0.529. The molecule has 0 heterocycles. The normalized spacial score (nSPS) is 10.8. The minimum atomic E-state index is 0.529. The maximum atomic E-state index is 5.96. The van der Waals surface area contributed by atoms with Crippen LogP contribution in [0.25, 0.3) is 0 Å². The molecule has 1 rings (SSSR count). The average Bonchev–Trinajstić information content (AvgIpc) is 1.96. The second-order valence-electron chi connectivity index (χ2n) is 2.74. The van der Waals surface area contributed by atoms with Gasteiger partial charge in [-0.3, -0.25) is 0 Å². The lowest BCUT2D eigenvalue weighted by atomic mass is 10.4. The van der Waals surface area contributed by atoms with E-state index in [-0.39, 0.29) is 0 Å². The molecule has 0 aliphatic rings. The van der Waals surface area contributed by atoms with Crippen LogP contribution < -0.4 is 0 Å². The Morgan fingerprint density at radius 1 is 1.25 bits per heavy atom. The first-order valence-electron chi connectivity index (χ1n) is 3.71. The molecule has 1 aromatic carbocycles. The van der Waals surface area contributed by atoms with Crippen molar-refractivity contribution in [3.05, 3.63) is 28.2 Å². The molecule has 0 atom stereocenters. The first-order chi connectivity index (χ1) is 5.59. The van der Waals surface area contributed by atoms with Gasteiger partial charge in [0.25, 0.3) is 0 Å². The lowest BCUT2D eigenvalue weighted by Gasteiger charge is -2.06. The highest BCUT2D eigenvalue weighted by atomic mass is 35.5. The van der Waals surface area contributed by atoms with Crippen LogP contribution in [0.5, 0.6) is 0 Å². The fourth-order valence-corrected chi connectivity index (χ4v) is 2.19. The molecule has 0 nitrogen and oxygen atoms in total. The highest BCUT2D eigenvalue weighted by molar-refractivity contribution is 8.00. The standard InChI is InChI=1S/C9H10Cl2S/c1-6(2)12-9-5-7(10)3-4-8(9)11/h3-6H,1-2H3. The van der Waals surface area contributed by atoms with Crippen molar-refractivity contribution in [3.63, 3.8) is 0 Å². The molecule has 0 radical (unpaired) electrons. The summed E-state index contributed by atoms with van der Waals surface area (Å²) in [6.07, 6.45) is 0. The summed E-state index contributed by atoms with van der Waals surface area (Å²) >= 11 is 13.5. The monoisotopic (exact) mass is 220 g/mol. The van der Waals surface area contributed by atoms with Gasteiger partial charge < -0.3 is 0 Å². The summed E-state index contributed by atoms with van der Waals surface area (Å²) in [5, 5.41) is 2.04. The molecule has 0 saturated heterocycles. The van der Waals surface area contributed by atoms with E-state index in [0.29, 0.717) is 5.25 Å². The van der Waals surface area contributed by atoms with Crippen molar-refractivity contribution in [2.24, 2.45) is 0 Å². The molecule has 0 aliphatic carbocycles. The molecule has 0 unspecified atom stereocenters. The second-order valence-corrected chi connectivity index (χ2v) is 5.20. The highest BCUT2D eigenvalue weighted by Crippen LogP contribution is 2.32. The smallest absolute Gasteiger partial charge is 0.0542 e. The molecule has 0 amide bonds. The largest absolute Gasteiger partial charge is 0.122 e. The van der Waals surface area contributed by atoms with E-state index in [1.165, 1.54) is 0 Å². The maximum Gasteiger partial charge on any atom is 0.0542 e. The Kier molecular flexibility index (Phi) is 3.76. The van der Waals surface area contributed by atoms with Crippen LogP contribution in [-0.2, 0) is 0 Å². The van der Waals surface area contributed by atoms with Gasteiger partial charge in [0, 0.05) is 15.2 Å². The summed E-state index contributed by atoms with van der Waals surface area (Å²) in [5.74, 6) is 0. The third-order valence-corrected chi connectivity index (χ3v) is 3.00. The van der Waals surface area contributed by atoms with Gasteiger partial charge in [-0.15, -0.1) is 11.8 Å². The van der Waals surface area contributed by atoms with E-state index in [0.717, 1.165) is 14.9 Å². The van der Waals surface area contributed by atoms with Crippen molar-refractivity contribution in [1.29, 1.82) is 0 Å². The third-order valence-electron chi connectivity index (χ3n) is 1.26. The molecule has 0 bridgehead atoms. The van der Waals surface area contributed by atoms with Gasteiger partial charge in [0.15, 0.2) is 0 Å². The van der Waals surface area contributed by atoms with Crippen LogP contribution in [0.15, 0.2) is 23.1 Å². The van der Waals surface area contributed by atoms with Crippen LogP contribution in [0.4, 0.5) is 0 Å². The van der Waals surface area contributed by atoms with Gasteiger partial charge in [-0.2, -0.15) is 0 Å². The van der Waals surface area contributed by atoms with E-state index in [2.05, 4.69) is 13.8 Å². The predicted octanol–water partition coefficient (Wildman–Crippen LogP) is 4.49. The fraction of sp³-hybridized carbons (Fsp3) is 0.333. The van der Waals surface area contributed by atoms with Crippen LogP contribution in [-0.4, -0.2) is 5.25 Å². The van der Waals surface area contributed by atoms with Gasteiger partial charge in [0.1, 0.15) is 0 Å².